The van der Waals surface area contributed by atoms with Gasteiger partial charge >= 0.3 is 5.97 Å². The summed E-state index contributed by atoms with van der Waals surface area (Å²) in [6.45, 7) is 1.81. The fraction of sp³-hybridized carbons (Fsp3) is 0.286. The van der Waals surface area contributed by atoms with Gasteiger partial charge in [0.05, 0.1) is 0 Å². The molecular weight excluding hydrogens is 249 g/mol. The summed E-state index contributed by atoms with van der Waals surface area (Å²) in [5.74, 6) is -1.48. The number of carbonyl (C=O) groups is 2. The molecule has 4 nitrogen and oxygen atoms in total. The van der Waals surface area contributed by atoms with Crippen LogP contribution in [0, 0.1) is 5.82 Å². The Bertz CT molecular complexity index is 497. The predicted octanol–water partition coefficient (Wildman–Crippen LogP) is 1.99. The van der Waals surface area contributed by atoms with E-state index in [1.165, 1.54) is 13.0 Å². The van der Waals surface area contributed by atoms with E-state index in [2.05, 4.69) is 5.32 Å². The molecule has 0 atom stereocenters. The Hall–Kier alpha value is -2.17. The minimum absolute atomic E-state index is 0.0887. The quantitative estimate of drug-likeness (QED) is 0.826. The second-order valence-corrected chi connectivity index (χ2v) is 4.08. The third-order valence-electron chi connectivity index (χ3n) is 2.46. The van der Waals surface area contributed by atoms with E-state index < -0.39 is 11.8 Å². The molecule has 0 fully saturated rings. The van der Waals surface area contributed by atoms with Gasteiger partial charge in [0, 0.05) is 19.9 Å². The van der Waals surface area contributed by atoms with Crippen LogP contribution in [0.5, 0.6) is 0 Å². The molecule has 0 spiro atoms. The van der Waals surface area contributed by atoms with Crippen LogP contribution in [0.25, 0.3) is 6.08 Å². The highest BCUT2D eigenvalue weighted by atomic mass is 19.1. The molecule has 1 rings (SSSR count). The molecule has 0 radical (unpaired) electrons. The van der Waals surface area contributed by atoms with E-state index in [4.69, 9.17) is 5.11 Å². The number of amides is 1. The zero-order chi connectivity index (χ0) is 14.3. The van der Waals surface area contributed by atoms with Crippen molar-refractivity contribution in [3.05, 3.63) is 41.2 Å². The largest absolute Gasteiger partial charge is 0.481 e. The lowest BCUT2D eigenvalue weighted by molar-refractivity contribution is -0.137. The Morgan fingerprint density at radius 3 is 2.74 bits per heavy atom. The molecule has 2 N–H and O–H groups in total. The molecule has 0 bridgehead atoms. The summed E-state index contributed by atoms with van der Waals surface area (Å²) in [7, 11) is 0. The van der Waals surface area contributed by atoms with E-state index in [1.54, 1.807) is 24.3 Å². The average molecular weight is 265 g/mol. The first-order valence-electron chi connectivity index (χ1n) is 5.90. The third-order valence-corrected chi connectivity index (χ3v) is 2.46. The van der Waals surface area contributed by atoms with Crippen molar-refractivity contribution in [2.75, 3.05) is 6.54 Å². The summed E-state index contributed by atoms with van der Waals surface area (Å²) >= 11 is 0. The van der Waals surface area contributed by atoms with Crippen LogP contribution in [0.2, 0.25) is 0 Å². The number of rotatable bonds is 6. The molecule has 0 saturated heterocycles. The van der Waals surface area contributed by atoms with Gasteiger partial charge in [-0.1, -0.05) is 24.3 Å². The Balaban J connectivity index is 2.60. The first kappa shape index (κ1) is 14.9. The van der Waals surface area contributed by atoms with Crippen LogP contribution in [0.4, 0.5) is 4.39 Å². The summed E-state index contributed by atoms with van der Waals surface area (Å²) in [6.07, 6.45) is 3.50. The lowest BCUT2D eigenvalue weighted by Gasteiger charge is -2.02. The van der Waals surface area contributed by atoms with E-state index >= 15 is 0 Å². The molecule has 5 heteroatoms. The van der Waals surface area contributed by atoms with E-state index in [0.29, 0.717) is 17.7 Å². The molecule has 0 saturated carbocycles. The van der Waals surface area contributed by atoms with Crippen molar-refractivity contribution < 1.29 is 19.1 Å². The Kier molecular flexibility index (Phi) is 5.73. The lowest BCUT2D eigenvalue weighted by Crippen LogP contribution is -2.19. The minimum Gasteiger partial charge on any atom is -0.481 e. The van der Waals surface area contributed by atoms with Crippen LogP contribution < -0.4 is 5.32 Å². The molecular formula is C14H16FNO3. The number of carboxylic acid groups (broad SMARTS) is 1. The summed E-state index contributed by atoms with van der Waals surface area (Å²) in [5.41, 5.74) is 1.06. The smallest absolute Gasteiger partial charge is 0.303 e. The molecule has 1 amide bonds. The zero-order valence-corrected chi connectivity index (χ0v) is 10.6. The molecule has 1 aromatic carbocycles. The van der Waals surface area contributed by atoms with E-state index in [0.717, 1.165) is 0 Å². The minimum atomic E-state index is -0.946. The van der Waals surface area contributed by atoms with Gasteiger partial charge in [-0.25, -0.2) is 4.39 Å². The molecule has 0 aliphatic rings. The highest BCUT2D eigenvalue weighted by Gasteiger charge is 2.05. The van der Waals surface area contributed by atoms with Crippen LogP contribution in [-0.4, -0.2) is 23.5 Å². The Morgan fingerprint density at radius 2 is 2.16 bits per heavy atom. The Morgan fingerprint density at radius 1 is 1.42 bits per heavy atom. The normalized spacial score (nSPS) is 10.6. The number of carboxylic acids is 1. The summed E-state index contributed by atoms with van der Waals surface area (Å²) in [4.78, 5) is 21.0. The highest BCUT2D eigenvalue weighted by molar-refractivity contribution is 5.73. The third kappa shape index (κ3) is 5.81. The average Bonchev–Trinajstić information content (AvgIpc) is 2.33. The maximum absolute atomic E-state index is 13.6. The molecule has 19 heavy (non-hydrogen) atoms. The second-order valence-electron chi connectivity index (χ2n) is 4.08. The van der Waals surface area contributed by atoms with Crippen molar-refractivity contribution in [3.63, 3.8) is 0 Å². The number of aryl methyl sites for hydroxylation is 1. The molecule has 1 aromatic rings. The summed E-state index contributed by atoms with van der Waals surface area (Å²) in [6, 6.07) is 4.64. The molecule has 0 aromatic heterocycles. The van der Waals surface area contributed by atoms with Crippen molar-refractivity contribution in [3.8, 4) is 0 Å². The lowest BCUT2D eigenvalue weighted by atomic mass is 10.1. The topological polar surface area (TPSA) is 66.4 Å². The second kappa shape index (κ2) is 7.31. The van der Waals surface area contributed by atoms with Gasteiger partial charge in [0.1, 0.15) is 5.82 Å². The fourth-order valence-electron chi connectivity index (χ4n) is 1.51. The van der Waals surface area contributed by atoms with Gasteiger partial charge in [0.25, 0.3) is 0 Å². The summed E-state index contributed by atoms with van der Waals surface area (Å²) < 4.78 is 13.6. The zero-order valence-electron chi connectivity index (χ0n) is 10.6. The van der Waals surface area contributed by atoms with E-state index in [-0.39, 0.29) is 18.7 Å². The number of halogens is 1. The predicted molar refractivity (Wildman–Crippen MR) is 70.1 cm³/mol. The Labute approximate surface area is 110 Å². The van der Waals surface area contributed by atoms with Gasteiger partial charge in [-0.2, -0.15) is 0 Å². The van der Waals surface area contributed by atoms with Crippen molar-refractivity contribution in [2.45, 2.75) is 19.8 Å². The maximum Gasteiger partial charge on any atom is 0.303 e. The first-order valence-corrected chi connectivity index (χ1v) is 5.90. The van der Waals surface area contributed by atoms with Crippen molar-refractivity contribution >= 4 is 18.0 Å². The van der Waals surface area contributed by atoms with Gasteiger partial charge in [0.2, 0.25) is 5.91 Å². The number of carbonyl (C=O) groups excluding carboxylic acids is 1. The monoisotopic (exact) mass is 265 g/mol. The van der Waals surface area contributed by atoms with Crippen LogP contribution in [0.3, 0.4) is 0 Å². The van der Waals surface area contributed by atoms with Gasteiger partial charge in [0.15, 0.2) is 0 Å². The first-order chi connectivity index (χ1) is 8.99. The van der Waals surface area contributed by atoms with Crippen molar-refractivity contribution in [2.24, 2.45) is 0 Å². The van der Waals surface area contributed by atoms with Crippen LogP contribution in [0.1, 0.15) is 24.5 Å². The molecule has 0 aliphatic heterocycles. The highest BCUT2D eigenvalue weighted by Crippen LogP contribution is 2.13. The van der Waals surface area contributed by atoms with Crippen molar-refractivity contribution in [1.29, 1.82) is 0 Å². The van der Waals surface area contributed by atoms with Crippen molar-refractivity contribution in [1.82, 2.24) is 5.32 Å². The maximum atomic E-state index is 13.6. The summed E-state index contributed by atoms with van der Waals surface area (Å²) in [5, 5.41) is 11.1. The molecule has 0 heterocycles. The van der Waals surface area contributed by atoms with Gasteiger partial charge in [-0.3, -0.25) is 9.59 Å². The van der Waals surface area contributed by atoms with Crippen LogP contribution in [0.15, 0.2) is 24.3 Å². The SMILES string of the molecule is CC(=O)NCC=Cc1ccc(CCC(=O)O)c(F)c1. The number of benzene rings is 1. The van der Waals surface area contributed by atoms with E-state index in [1.807, 2.05) is 0 Å². The van der Waals surface area contributed by atoms with Crippen LogP contribution in [-0.2, 0) is 16.0 Å². The standard InChI is InChI=1S/C14H16FNO3/c1-10(17)16-8-2-3-11-4-5-12(13(15)9-11)6-7-14(18)19/h2-5,9H,6-8H2,1H3,(H,16,17)(H,18,19). The van der Waals surface area contributed by atoms with Crippen LogP contribution >= 0.6 is 0 Å². The van der Waals surface area contributed by atoms with Gasteiger partial charge in [-0.15, -0.1) is 0 Å². The number of nitrogens with one attached hydrogen (secondary N) is 1. The molecule has 0 unspecified atom stereocenters. The number of hydrogen-bond acceptors (Lipinski definition) is 2. The van der Waals surface area contributed by atoms with Gasteiger partial charge in [-0.05, 0) is 23.6 Å². The number of aliphatic carboxylic acids is 1. The fourth-order valence-corrected chi connectivity index (χ4v) is 1.51. The van der Waals surface area contributed by atoms with Gasteiger partial charge < -0.3 is 10.4 Å². The van der Waals surface area contributed by atoms with E-state index in [9.17, 15) is 14.0 Å². The molecule has 0 aliphatic carbocycles. The molecule has 102 valence electrons. The number of hydrogen-bond donors (Lipinski definition) is 2.